The number of halogens is 2. The molecule has 2 N–H and O–H groups in total. The van der Waals surface area contributed by atoms with Crippen molar-refractivity contribution in [2.24, 2.45) is 0 Å². The molecule has 1 atom stereocenters. The molecule has 0 bridgehead atoms. The van der Waals surface area contributed by atoms with Gasteiger partial charge in [0.2, 0.25) is 0 Å². The van der Waals surface area contributed by atoms with Crippen LogP contribution in [0.4, 0.5) is 10.2 Å². The quantitative estimate of drug-likeness (QED) is 0.754. The third kappa shape index (κ3) is 3.31. The number of hydrogen-bond acceptors (Lipinski definition) is 5. The van der Waals surface area contributed by atoms with E-state index in [4.69, 9.17) is 10.5 Å². The maximum atomic E-state index is 13.7. The molecule has 0 radical (unpaired) electrons. The first-order chi connectivity index (χ1) is 11.0. The summed E-state index contributed by atoms with van der Waals surface area (Å²) in [5.41, 5.74) is 7.05. The average Bonchev–Trinajstić information content (AvgIpc) is 3.05. The van der Waals surface area contributed by atoms with Crippen LogP contribution in [0.2, 0.25) is 0 Å². The van der Waals surface area contributed by atoms with Gasteiger partial charge in [0.1, 0.15) is 11.9 Å². The Labute approximate surface area is 140 Å². The van der Waals surface area contributed by atoms with E-state index in [1.165, 1.54) is 16.9 Å². The first-order valence-corrected chi connectivity index (χ1v) is 7.57. The lowest BCUT2D eigenvalue weighted by molar-refractivity contribution is 0.226. The van der Waals surface area contributed by atoms with Crippen molar-refractivity contribution >= 4 is 21.7 Å². The number of nitrogens with zero attached hydrogens (tertiary/aromatic N) is 4. The molecule has 23 heavy (non-hydrogen) atoms. The lowest BCUT2D eigenvalue weighted by Crippen LogP contribution is -2.11. The van der Waals surface area contributed by atoms with Crippen LogP contribution < -0.4 is 10.5 Å². The summed E-state index contributed by atoms with van der Waals surface area (Å²) < 4.78 is 20.3. The minimum absolute atomic E-state index is 0.259. The summed E-state index contributed by atoms with van der Waals surface area (Å²) in [6.45, 7) is 1.79. The standard InChI is InChI=1S/C15H13BrFN5O/c1-9(23-14-6-10(16)8-19-15(14)18)12-7-11(17)2-3-13(12)22-20-4-5-21-22/h2-9H,1H3,(H2,18,19). The van der Waals surface area contributed by atoms with Crippen LogP contribution in [0.5, 0.6) is 5.75 Å². The third-order valence-corrected chi connectivity index (χ3v) is 3.65. The molecule has 0 saturated heterocycles. The van der Waals surface area contributed by atoms with E-state index in [9.17, 15) is 4.39 Å². The highest BCUT2D eigenvalue weighted by molar-refractivity contribution is 9.10. The van der Waals surface area contributed by atoms with E-state index in [0.717, 1.165) is 4.47 Å². The number of aromatic nitrogens is 4. The van der Waals surface area contributed by atoms with Crippen LogP contribution in [-0.2, 0) is 0 Å². The molecule has 3 rings (SSSR count). The van der Waals surface area contributed by atoms with Crippen LogP contribution in [0.25, 0.3) is 5.69 Å². The normalized spacial score (nSPS) is 12.1. The minimum Gasteiger partial charge on any atom is -0.482 e. The van der Waals surface area contributed by atoms with E-state index in [2.05, 4.69) is 31.1 Å². The molecule has 6 nitrogen and oxygen atoms in total. The molecule has 1 aromatic carbocycles. The van der Waals surface area contributed by atoms with E-state index < -0.39 is 6.10 Å². The number of anilines is 1. The number of pyridine rings is 1. The third-order valence-electron chi connectivity index (χ3n) is 3.21. The molecule has 0 spiro atoms. The zero-order valence-electron chi connectivity index (χ0n) is 12.1. The second kappa shape index (κ2) is 6.33. The Bertz CT molecular complexity index is 825. The number of benzene rings is 1. The van der Waals surface area contributed by atoms with Crippen LogP contribution in [0.15, 0.2) is 47.3 Å². The van der Waals surface area contributed by atoms with Gasteiger partial charge < -0.3 is 10.5 Å². The Morgan fingerprint density at radius 2 is 2.00 bits per heavy atom. The Balaban J connectivity index is 1.97. The largest absolute Gasteiger partial charge is 0.482 e. The van der Waals surface area contributed by atoms with Gasteiger partial charge in [0.05, 0.1) is 18.1 Å². The number of nitrogen functional groups attached to an aromatic ring is 1. The summed E-state index contributed by atoms with van der Waals surface area (Å²) in [6, 6.07) is 6.06. The summed E-state index contributed by atoms with van der Waals surface area (Å²) in [5, 5.41) is 8.16. The number of hydrogen-bond donors (Lipinski definition) is 1. The second-order valence-electron chi connectivity index (χ2n) is 4.82. The number of rotatable bonds is 4. The van der Waals surface area contributed by atoms with Crippen molar-refractivity contribution in [3.8, 4) is 11.4 Å². The van der Waals surface area contributed by atoms with Gasteiger partial charge >= 0.3 is 0 Å². The molecule has 118 valence electrons. The first-order valence-electron chi connectivity index (χ1n) is 6.78. The fourth-order valence-electron chi connectivity index (χ4n) is 2.15. The summed E-state index contributed by atoms with van der Waals surface area (Å²) in [4.78, 5) is 5.43. The molecule has 2 heterocycles. The van der Waals surface area contributed by atoms with Crippen molar-refractivity contribution < 1.29 is 9.13 Å². The topological polar surface area (TPSA) is 78.9 Å². The van der Waals surface area contributed by atoms with E-state index >= 15 is 0 Å². The summed E-state index contributed by atoms with van der Waals surface area (Å²) in [7, 11) is 0. The van der Waals surface area contributed by atoms with Crippen LogP contribution in [0.3, 0.4) is 0 Å². The van der Waals surface area contributed by atoms with Gasteiger partial charge in [-0.15, -0.1) is 0 Å². The molecule has 0 amide bonds. The van der Waals surface area contributed by atoms with Gasteiger partial charge in [0.15, 0.2) is 11.6 Å². The molecule has 0 fully saturated rings. The molecule has 8 heteroatoms. The van der Waals surface area contributed by atoms with Gasteiger partial charge in [-0.1, -0.05) is 0 Å². The smallest absolute Gasteiger partial charge is 0.166 e. The van der Waals surface area contributed by atoms with Crippen molar-refractivity contribution in [1.82, 2.24) is 20.0 Å². The van der Waals surface area contributed by atoms with Crippen LogP contribution in [-0.4, -0.2) is 20.0 Å². The Morgan fingerprint density at radius 3 is 2.74 bits per heavy atom. The predicted molar refractivity (Wildman–Crippen MR) is 86.7 cm³/mol. The van der Waals surface area contributed by atoms with Crippen molar-refractivity contribution in [1.29, 1.82) is 0 Å². The molecule has 2 aromatic heterocycles. The summed E-state index contributed by atoms with van der Waals surface area (Å²) in [5.74, 6) is 0.303. The molecule has 3 aromatic rings. The molecule has 0 saturated carbocycles. The number of nitrogens with two attached hydrogens (primary N) is 1. The fraction of sp³-hybridized carbons (Fsp3) is 0.133. The van der Waals surface area contributed by atoms with Crippen LogP contribution >= 0.6 is 15.9 Å². The van der Waals surface area contributed by atoms with E-state index in [1.54, 1.807) is 37.6 Å². The zero-order valence-corrected chi connectivity index (χ0v) is 13.7. The summed E-state index contributed by atoms with van der Waals surface area (Å²) in [6.07, 6.45) is 4.20. The second-order valence-corrected chi connectivity index (χ2v) is 5.73. The SMILES string of the molecule is CC(Oc1cc(Br)cnc1N)c1cc(F)ccc1-n1nccn1. The van der Waals surface area contributed by atoms with Gasteiger partial charge in [-0.25, -0.2) is 9.37 Å². The van der Waals surface area contributed by atoms with Crippen molar-refractivity contribution in [2.45, 2.75) is 13.0 Å². The van der Waals surface area contributed by atoms with Crippen molar-refractivity contribution in [3.05, 3.63) is 58.7 Å². The van der Waals surface area contributed by atoms with Gasteiger partial charge in [0.25, 0.3) is 0 Å². The maximum absolute atomic E-state index is 13.7. The van der Waals surface area contributed by atoms with E-state index in [0.29, 0.717) is 17.0 Å². The fourth-order valence-corrected chi connectivity index (χ4v) is 2.46. The molecule has 0 aliphatic carbocycles. The highest BCUT2D eigenvalue weighted by Crippen LogP contribution is 2.30. The van der Waals surface area contributed by atoms with Gasteiger partial charge in [-0.3, -0.25) is 0 Å². The van der Waals surface area contributed by atoms with Crippen molar-refractivity contribution in [2.75, 3.05) is 5.73 Å². The van der Waals surface area contributed by atoms with Gasteiger partial charge in [-0.2, -0.15) is 15.0 Å². The van der Waals surface area contributed by atoms with E-state index in [1.807, 2.05) is 0 Å². The predicted octanol–water partition coefficient (Wildman–Crippen LogP) is 3.29. The monoisotopic (exact) mass is 377 g/mol. The van der Waals surface area contributed by atoms with Crippen LogP contribution in [0, 0.1) is 5.82 Å². The summed E-state index contributed by atoms with van der Waals surface area (Å²) >= 11 is 3.32. The highest BCUT2D eigenvalue weighted by atomic mass is 79.9. The minimum atomic E-state index is -0.481. The lowest BCUT2D eigenvalue weighted by atomic mass is 10.1. The zero-order chi connectivity index (χ0) is 16.4. The Hall–Kier alpha value is -2.48. The average molecular weight is 378 g/mol. The number of ether oxygens (including phenoxy) is 1. The molecular formula is C15H13BrFN5O. The Morgan fingerprint density at radius 1 is 1.26 bits per heavy atom. The van der Waals surface area contributed by atoms with Crippen LogP contribution in [0.1, 0.15) is 18.6 Å². The van der Waals surface area contributed by atoms with E-state index in [-0.39, 0.29) is 11.6 Å². The molecule has 1 unspecified atom stereocenters. The first kappa shape index (κ1) is 15.4. The maximum Gasteiger partial charge on any atom is 0.166 e. The highest BCUT2D eigenvalue weighted by Gasteiger charge is 2.17. The lowest BCUT2D eigenvalue weighted by Gasteiger charge is -2.19. The molecule has 0 aliphatic heterocycles. The molecular weight excluding hydrogens is 365 g/mol. The van der Waals surface area contributed by atoms with Crippen molar-refractivity contribution in [3.63, 3.8) is 0 Å². The Kier molecular flexibility index (Phi) is 4.24. The molecule has 0 aliphatic rings. The van der Waals surface area contributed by atoms with Gasteiger partial charge in [0, 0.05) is 16.2 Å². The van der Waals surface area contributed by atoms with Gasteiger partial charge in [-0.05, 0) is 47.1 Å².